The van der Waals surface area contributed by atoms with Crippen LogP contribution in [0.15, 0.2) is 95.6 Å². The van der Waals surface area contributed by atoms with Gasteiger partial charge in [0.15, 0.2) is 11.5 Å². The number of ether oxygens (including phenoxy) is 4. The summed E-state index contributed by atoms with van der Waals surface area (Å²) in [5.74, 6) is 1.42. The number of guanidine groups is 1. The van der Waals surface area contributed by atoms with Gasteiger partial charge in [-0.1, -0.05) is 72.8 Å². The van der Waals surface area contributed by atoms with Gasteiger partial charge in [-0.2, -0.15) is 0 Å². The Hall–Kier alpha value is -4.79. The smallest absolute Gasteiger partial charge is 0.437 e. The second-order valence-corrected chi connectivity index (χ2v) is 8.97. The van der Waals surface area contributed by atoms with Crippen molar-refractivity contribution in [2.24, 2.45) is 4.99 Å². The first-order chi connectivity index (χ1) is 19.5. The first kappa shape index (κ1) is 28.2. The molecule has 0 N–H and O–H groups in total. The molecule has 40 heavy (non-hydrogen) atoms. The Morgan fingerprint density at radius 1 is 0.825 bits per heavy atom. The largest absolute Gasteiger partial charge is 0.493 e. The average Bonchev–Trinajstić information content (AvgIpc) is 3.35. The third kappa shape index (κ3) is 7.19. The van der Waals surface area contributed by atoms with Gasteiger partial charge < -0.3 is 23.8 Å². The van der Waals surface area contributed by atoms with Gasteiger partial charge in [-0.3, -0.25) is 0 Å². The van der Waals surface area contributed by atoms with E-state index < -0.39 is 12.2 Å². The number of allylic oxidation sites excluding steroid dienone is 1. The molecule has 3 aromatic carbocycles. The van der Waals surface area contributed by atoms with Crippen molar-refractivity contribution in [3.05, 3.63) is 107 Å². The lowest BCUT2D eigenvalue weighted by molar-refractivity contribution is 0.123. The molecule has 0 saturated carbocycles. The first-order valence-corrected chi connectivity index (χ1v) is 12.9. The number of rotatable bonds is 9. The first-order valence-electron chi connectivity index (χ1n) is 12.9. The number of methoxy groups -OCH3 is 2. The zero-order valence-electron chi connectivity index (χ0n) is 22.9. The number of carbonyl (C=O) groups excluding carboxylic acids is 2. The molecule has 9 nitrogen and oxygen atoms in total. The van der Waals surface area contributed by atoms with Crippen LogP contribution in [0.25, 0.3) is 0 Å². The highest BCUT2D eigenvalue weighted by Crippen LogP contribution is 2.28. The zero-order valence-corrected chi connectivity index (χ0v) is 22.9. The molecule has 2 amide bonds. The number of hydrogen-bond acceptors (Lipinski definition) is 6. The van der Waals surface area contributed by atoms with Gasteiger partial charge in [0.1, 0.15) is 13.2 Å². The van der Waals surface area contributed by atoms with Crippen molar-refractivity contribution in [2.75, 3.05) is 27.3 Å². The normalized spacial score (nSPS) is 14.9. The maximum Gasteiger partial charge on any atom is 0.437 e. The van der Waals surface area contributed by atoms with Crippen LogP contribution in [0.4, 0.5) is 9.59 Å². The quantitative estimate of drug-likeness (QED) is 0.337. The molecular formula is C31H33N3O6. The summed E-state index contributed by atoms with van der Waals surface area (Å²) in [5, 5.41) is 0. The Morgan fingerprint density at radius 3 is 2.05 bits per heavy atom. The minimum absolute atomic E-state index is 0.0665. The third-order valence-corrected chi connectivity index (χ3v) is 6.36. The second kappa shape index (κ2) is 13.8. The molecule has 0 aliphatic carbocycles. The minimum atomic E-state index is -0.798. The van der Waals surface area contributed by atoms with Crippen LogP contribution in [0.5, 0.6) is 11.5 Å². The van der Waals surface area contributed by atoms with Crippen LogP contribution in [0.3, 0.4) is 0 Å². The van der Waals surface area contributed by atoms with E-state index in [1.807, 2.05) is 96.8 Å². The topological polar surface area (TPSA) is 89.9 Å². The molecule has 0 atom stereocenters. The van der Waals surface area contributed by atoms with E-state index in [2.05, 4.69) is 4.99 Å². The number of benzene rings is 3. The Kier molecular flexibility index (Phi) is 9.77. The molecule has 0 aromatic heterocycles. The van der Waals surface area contributed by atoms with Gasteiger partial charge in [0.2, 0.25) is 5.96 Å². The molecule has 3 aromatic rings. The monoisotopic (exact) mass is 543 g/mol. The van der Waals surface area contributed by atoms with Crippen LogP contribution in [0, 0.1) is 0 Å². The SMILES string of the molecule is C/C=C1/CN(CCc2ccc(OC)c(OC)c2)/C(=N/C(=O)OCc2ccccc2)N1C(=O)OCc1ccccc1. The molecule has 0 bridgehead atoms. The van der Waals surface area contributed by atoms with Crippen molar-refractivity contribution >= 4 is 18.1 Å². The molecule has 0 spiro atoms. The van der Waals surface area contributed by atoms with E-state index in [4.69, 9.17) is 18.9 Å². The second-order valence-electron chi connectivity index (χ2n) is 8.97. The van der Waals surface area contributed by atoms with Gasteiger partial charge in [0.05, 0.1) is 20.8 Å². The molecule has 1 aliphatic heterocycles. The van der Waals surface area contributed by atoms with Crippen LogP contribution in [0.2, 0.25) is 0 Å². The van der Waals surface area contributed by atoms with E-state index in [0.29, 0.717) is 36.7 Å². The van der Waals surface area contributed by atoms with Crippen molar-refractivity contribution in [1.29, 1.82) is 0 Å². The van der Waals surface area contributed by atoms with E-state index in [0.717, 1.165) is 16.7 Å². The zero-order chi connectivity index (χ0) is 28.3. The van der Waals surface area contributed by atoms with Gasteiger partial charge in [-0.15, -0.1) is 4.99 Å². The number of hydrogen-bond donors (Lipinski definition) is 0. The fourth-order valence-corrected chi connectivity index (χ4v) is 4.24. The molecule has 0 unspecified atom stereocenters. The van der Waals surface area contributed by atoms with Gasteiger partial charge in [-0.25, -0.2) is 14.5 Å². The van der Waals surface area contributed by atoms with Crippen LogP contribution in [-0.4, -0.2) is 55.3 Å². The number of amides is 2. The lowest BCUT2D eigenvalue weighted by Gasteiger charge is -2.21. The van der Waals surface area contributed by atoms with Crippen LogP contribution < -0.4 is 9.47 Å². The summed E-state index contributed by atoms with van der Waals surface area (Å²) < 4.78 is 21.8. The summed E-state index contributed by atoms with van der Waals surface area (Å²) in [6, 6.07) is 24.4. The van der Waals surface area contributed by atoms with Gasteiger partial charge >= 0.3 is 12.2 Å². The standard InChI is InChI=1S/C31H33N3O6/c1-4-26-20-33(18-17-23-15-16-27(37-2)28(19-23)38-3)29(32-30(35)39-21-24-11-7-5-8-12-24)34(26)31(36)40-22-25-13-9-6-10-14-25/h4-16,19H,17-18,20-22H2,1-3H3/b26-4-,32-29-. The van der Waals surface area contributed by atoms with E-state index >= 15 is 0 Å². The Balaban J connectivity index is 1.54. The summed E-state index contributed by atoms with van der Waals surface area (Å²) in [6.07, 6.45) is 0.987. The lowest BCUT2D eigenvalue weighted by atomic mass is 10.1. The van der Waals surface area contributed by atoms with Crippen molar-refractivity contribution < 1.29 is 28.5 Å². The molecule has 1 aliphatic rings. The molecule has 4 rings (SSSR count). The molecule has 208 valence electrons. The number of aliphatic imine (C=N–C) groups is 1. The third-order valence-electron chi connectivity index (χ3n) is 6.36. The highest BCUT2D eigenvalue weighted by atomic mass is 16.6. The van der Waals surface area contributed by atoms with E-state index in [1.54, 1.807) is 14.2 Å². The minimum Gasteiger partial charge on any atom is -0.493 e. The molecule has 1 saturated heterocycles. The lowest BCUT2D eigenvalue weighted by Crippen LogP contribution is -2.39. The van der Waals surface area contributed by atoms with Crippen molar-refractivity contribution in [3.63, 3.8) is 0 Å². The Bertz CT molecular complexity index is 1360. The maximum atomic E-state index is 13.3. The predicted molar refractivity (Wildman–Crippen MR) is 151 cm³/mol. The molecule has 9 heteroatoms. The summed E-state index contributed by atoms with van der Waals surface area (Å²) in [6.45, 7) is 2.83. The van der Waals surface area contributed by atoms with Crippen LogP contribution in [0.1, 0.15) is 23.6 Å². The Labute approximate surface area is 234 Å². The van der Waals surface area contributed by atoms with Crippen LogP contribution in [-0.2, 0) is 29.1 Å². The summed E-state index contributed by atoms with van der Waals surface area (Å²) in [4.78, 5) is 33.5. The molecule has 1 fully saturated rings. The predicted octanol–water partition coefficient (Wildman–Crippen LogP) is 5.80. The highest BCUT2D eigenvalue weighted by Gasteiger charge is 2.37. The van der Waals surface area contributed by atoms with Crippen LogP contribution >= 0.6 is 0 Å². The van der Waals surface area contributed by atoms with E-state index in [1.165, 1.54) is 4.90 Å². The molecular weight excluding hydrogens is 510 g/mol. The summed E-state index contributed by atoms with van der Waals surface area (Å²) >= 11 is 0. The highest BCUT2D eigenvalue weighted by molar-refractivity contribution is 6.02. The summed E-state index contributed by atoms with van der Waals surface area (Å²) in [7, 11) is 3.18. The Morgan fingerprint density at radius 2 is 1.45 bits per heavy atom. The molecule has 0 radical (unpaired) electrons. The number of nitrogens with zero attached hydrogens (tertiary/aromatic N) is 3. The van der Waals surface area contributed by atoms with E-state index in [-0.39, 0.29) is 19.2 Å². The van der Waals surface area contributed by atoms with Gasteiger partial charge in [0, 0.05) is 12.2 Å². The molecule has 1 heterocycles. The number of carbonyl (C=O) groups is 2. The summed E-state index contributed by atoms with van der Waals surface area (Å²) in [5.41, 5.74) is 3.33. The fraction of sp³-hybridized carbons (Fsp3) is 0.258. The fourth-order valence-electron chi connectivity index (χ4n) is 4.24. The van der Waals surface area contributed by atoms with Crippen molar-refractivity contribution in [3.8, 4) is 11.5 Å². The average molecular weight is 544 g/mol. The van der Waals surface area contributed by atoms with E-state index in [9.17, 15) is 9.59 Å². The van der Waals surface area contributed by atoms with Gasteiger partial charge in [0.25, 0.3) is 0 Å². The van der Waals surface area contributed by atoms with Crippen molar-refractivity contribution in [2.45, 2.75) is 26.6 Å². The van der Waals surface area contributed by atoms with Crippen molar-refractivity contribution in [1.82, 2.24) is 9.80 Å². The van der Waals surface area contributed by atoms with Gasteiger partial charge in [-0.05, 0) is 42.2 Å². The maximum absolute atomic E-state index is 13.3.